The van der Waals surface area contributed by atoms with Crippen LogP contribution in [0.1, 0.15) is 10.4 Å². The maximum absolute atomic E-state index is 3.14. The zero-order valence-electron chi connectivity index (χ0n) is 7.53. The van der Waals surface area contributed by atoms with Gasteiger partial charge in [0.15, 0.2) is 0 Å². The van der Waals surface area contributed by atoms with Crippen molar-refractivity contribution in [3.63, 3.8) is 0 Å². The van der Waals surface area contributed by atoms with Crippen LogP contribution >= 0.6 is 11.3 Å². The summed E-state index contributed by atoms with van der Waals surface area (Å²) in [6.07, 6.45) is 8.20. The van der Waals surface area contributed by atoms with Crippen LogP contribution in [-0.4, -0.2) is 0 Å². The fraction of sp³-hybridized carbons (Fsp3) is 0. The lowest BCUT2D eigenvalue weighted by atomic mass is 10.1. The van der Waals surface area contributed by atoms with Crippen LogP contribution in [-0.2, 0) is 0 Å². The highest BCUT2D eigenvalue weighted by atomic mass is 32.1. The summed E-state index contributed by atoms with van der Waals surface area (Å²) < 4.78 is 1.35. The predicted octanol–water partition coefficient (Wildman–Crippen LogP) is 4.10. The normalized spacial score (nSPS) is 13.1. The number of hydrogen-bond donors (Lipinski definition) is 0. The SMILES string of the molecule is C1=CC=Cc2c(sc3ccccc23)C=1. The molecule has 0 fully saturated rings. The number of allylic oxidation sites excluding steroid dienone is 2. The summed E-state index contributed by atoms with van der Waals surface area (Å²) in [6, 6.07) is 8.51. The van der Waals surface area contributed by atoms with Gasteiger partial charge in [-0.2, -0.15) is 0 Å². The molecule has 1 aromatic heterocycles. The van der Waals surface area contributed by atoms with Crippen molar-refractivity contribution in [1.82, 2.24) is 0 Å². The van der Waals surface area contributed by atoms with E-state index in [1.165, 1.54) is 20.5 Å². The average Bonchev–Trinajstić information content (AvgIpc) is 2.42. The molecule has 0 spiro atoms. The molecule has 1 aliphatic rings. The molecule has 0 atom stereocenters. The Balaban J connectivity index is 2.46. The zero-order chi connectivity index (χ0) is 9.38. The van der Waals surface area contributed by atoms with Gasteiger partial charge in [0.1, 0.15) is 0 Å². The molecule has 2 aromatic rings. The van der Waals surface area contributed by atoms with Gasteiger partial charge in [0, 0.05) is 20.5 Å². The van der Waals surface area contributed by atoms with E-state index in [1.807, 2.05) is 23.5 Å². The summed E-state index contributed by atoms with van der Waals surface area (Å²) in [5.74, 6) is 0. The molecule has 1 heterocycles. The van der Waals surface area contributed by atoms with E-state index in [-0.39, 0.29) is 0 Å². The monoisotopic (exact) mass is 196 g/mol. The summed E-state index contributed by atoms with van der Waals surface area (Å²) in [4.78, 5) is 1.30. The quantitative estimate of drug-likeness (QED) is 0.556. The summed E-state index contributed by atoms with van der Waals surface area (Å²) in [7, 11) is 0. The van der Waals surface area contributed by atoms with Gasteiger partial charge < -0.3 is 0 Å². The molecule has 0 saturated heterocycles. The van der Waals surface area contributed by atoms with E-state index in [0.717, 1.165) is 0 Å². The lowest BCUT2D eigenvalue weighted by Crippen LogP contribution is -1.70. The van der Waals surface area contributed by atoms with Crippen molar-refractivity contribution >= 4 is 33.6 Å². The minimum absolute atomic E-state index is 1.30. The molecule has 0 amide bonds. The lowest BCUT2D eigenvalue weighted by Gasteiger charge is -1.90. The molecule has 66 valence electrons. The fourth-order valence-electron chi connectivity index (χ4n) is 1.69. The Hall–Kier alpha value is -1.56. The first-order chi connectivity index (χ1) is 6.95. The zero-order valence-corrected chi connectivity index (χ0v) is 8.34. The first-order valence-electron chi connectivity index (χ1n) is 4.56. The fourth-order valence-corrected chi connectivity index (χ4v) is 2.77. The van der Waals surface area contributed by atoms with Gasteiger partial charge in [-0.3, -0.25) is 0 Å². The topological polar surface area (TPSA) is 0 Å². The van der Waals surface area contributed by atoms with Crippen molar-refractivity contribution in [3.05, 3.63) is 52.6 Å². The van der Waals surface area contributed by atoms with Gasteiger partial charge in [-0.05, 0) is 18.2 Å². The van der Waals surface area contributed by atoms with Crippen molar-refractivity contribution < 1.29 is 0 Å². The molecule has 3 rings (SSSR count). The lowest BCUT2D eigenvalue weighted by molar-refractivity contribution is 1.82. The Labute approximate surface area is 86.5 Å². The molecule has 0 N–H and O–H groups in total. The molecule has 0 saturated carbocycles. The number of benzene rings is 1. The molecule has 0 bridgehead atoms. The Morgan fingerprint density at radius 1 is 1.14 bits per heavy atom. The molecule has 0 radical (unpaired) electrons. The first kappa shape index (κ1) is 7.81. The van der Waals surface area contributed by atoms with Gasteiger partial charge in [-0.1, -0.05) is 30.4 Å². The van der Waals surface area contributed by atoms with Crippen LogP contribution in [0, 0.1) is 0 Å². The third-order valence-corrected chi connectivity index (χ3v) is 3.47. The number of hydrogen-bond acceptors (Lipinski definition) is 1. The van der Waals surface area contributed by atoms with Gasteiger partial charge in [0.25, 0.3) is 0 Å². The largest absolute Gasteiger partial charge is 0.135 e. The molecule has 0 nitrogen and oxygen atoms in total. The van der Waals surface area contributed by atoms with Gasteiger partial charge in [0.05, 0.1) is 0 Å². The summed E-state index contributed by atoms with van der Waals surface area (Å²) in [5, 5.41) is 1.34. The van der Waals surface area contributed by atoms with Crippen molar-refractivity contribution in [2.75, 3.05) is 0 Å². The Kier molecular flexibility index (Phi) is 1.66. The highest BCUT2D eigenvalue weighted by molar-refractivity contribution is 7.20. The summed E-state index contributed by atoms with van der Waals surface area (Å²) in [6.45, 7) is 0. The minimum Gasteiger partial charge on any atom is -0.135 e. The van der Waals surface area contributed by atoms with Crippen molar-refractivity contribution in [2.24, 2.45) is 0 Å². The van der Waals surface area contributed by atoms with E-state index in [4.69, 9.17) is 0 Å². The second-order valence-electron chi connectivity index (χ2n) is 3.21. The van der Waals surface area contributed by atoms with Crippen molar-refractivity contribution in [3.8, 4) is 0 Å². The molecule has 1 aromatic carbocycles. The molecular weight excluding hydrogens is 188 g/mol. The minimum atomic E-state index is 1.30. The van der Waals surface area contributed by atoms with Gasteiger partial charge in [-0.15, -0.1) is 17.1 Å². The van der Waals surface area contributed by atoms with Crippen LogP contribution in [0.15, 0.2) is 42.1 Å². The van der Waals surface area contributed by atoms with Crippen LogP contribution in [0.25, 0.3) is 22.2 Å². The average molecular weight is 196 g/mol. The van der Waals surface area contributed by atoms with Crippen LogP contribution in [0.5, 0.6) is 0 Å². The number of thiophene rings is 1. The Bertz CT molecular complexity index is 578. The van der Waals surface area contributed by atoms with Crippen molar-refractivity contribution in [2.45, 2.75) is 0 Å². The van der Waals surface area contributed by atoms with E-state index in [2.05, 4.69) is 42.1 Å². The highest BCUT2D eigenvalue weighted by Crippen LogP contribution is 2.33. The van der Waals surface area contributed by atoms with E-state index in [1.54, 1.807) is 0 Å². The third-order valence-electron chi connectivity index (χ3n) is 2.33. The molecule has 14 heavy (non-hydrogen) atoms. The highest BCUT2D eigenvalue weighted by Gasteiger charge is 2.06. The number of rotatable bonds is 0. The first-order valence-corrected chi connectivity index (χ1v) is 5.37. The van der Waals surface area contributed by atoms with Crippen LogP contribution < -0.4 is 0 Å². The molecular formula is C13H8S. The molecule has 1 heteroatoms. The van der Waals surface area contributed by atoms with Crippen LogP contribution in [0.4, 0.5) is 0 Å². The van der Waals surface area contributed by atoms with E-state index < -0.39 is 0 Å². The third kappa shape index (κ3) is 1.07. The van der Waals surface area contributed by atoms with E-state index >= 15 is 0 Å². The Morgan fingerprint density at radius 2 is 2.07 bits per heavy atom. The second kappa shape index (κ2) is 2.98. The van der Waals surface area contributed by atoms with E-state index in [0.29, 0.717) is 0 Å². The second-order valence-corrected chi connectivity index (χ2v) is 4.30. The standard InChI is InChI=1S/C13H8S/c1-2-6-10-11-7-4-5-9-13(11)14-12(10)8-3-1/h1-2,4-9H. The maximum atomic E-state index is 3.14. The molecule has 0 aliphatic heterocycles. The smallest absolute Gasteiger partial charge is 0.0432 e. The van der Waals surface area contributed by atoms with Gasteiger partial charge >= 0.3 is 0 Å². The summed E-state index contributed by atoms with van der Waals surface area (Å²) >= 11 is 1.82. The Morgan fingerprint density at radius 3 is 3.07 bits per heavy atom. The van der Waals surface area contributed by atoms with Crippen molar-refractivity contribution in [1.29, 1.82) is 0 Å². The van der Waals surface area contributed by atoms with E-state index in [9.17, 15) is 0 Å². The van der Waals surface area contributed by atoms with Gasteiger partial charge in [-0.25, -0.2) is 0 Å². The number of fused-ring (bicyclic) bond motifs is 3. The van der Waals surface area contributed by atoms with Crippen LogP contribution in [0.2, 0.25) is 0 Å². The van der Waals surface area contributed by atoms with Crippen LogP contribution in [0.3, 0.4) is 0 Å². The molecule has 1 aliphatic carbocycles. The molecule has 0 unspecified atom stereocenters. The maximum Gasteiger partial charge on any atom is 0.0432 e. The summed E-state index contributed by atoms with van der Waals surface area (Å²) in [5.41, 5.74) is 4.46. The predicted molar refractivity (Wildman–Crippen MR) is 63.4 cm³/mol. The van der Waals surface area contributed by atoms with Gasteiger partial charge in [0.2, 0.25) is 0 Å².